The number of rotatable bonds is 9. The molecular formula is C20H32N4O5. The van der Waals surface area contributed by atoms with E-state index in [9.17, 15) is 19.8 Å². The summed E-state index contributed by atoms with van der Waals surface area (Å²) in [5.41, 5.74) is 1.46. The number of aliphatic hydroxyl groups is 2. The van der Waals surface area contributed by atoms with Crippen LogP contribution in [0.1, 0.15) is 16.8 Å². The van der Waals surface area contributed by atoms with E-state index in [0.717, 1.165) is 5.69 Å². The van der Waals surface area contributed by atoms with Gasteiger partial charge in [-0.15, -0.1) is 0 Å². The smallest absolute Gasteiger partial charge is 0.251 e. The van der Waals surface area contributed by atoms with Gasteiger partial charge in [0.2, 0.25) is 5.91 Å². The molecule has 2 amide bonds. The maximum absolute atomic E-state index is 12.3. The summed E-state index contributed by atoms with van der Waals surface area (Å²) in [6.07, 6.45) is -4.01. The SMILES string of the molecule is CN(C)CCNC(=O)CC1OC(CNC(=O)c2ccc(N(C)C)cc2)C(O)C1O. The molecule has 0 aromatic heterocycles. The predicted molar refractivity (Wildman–Crippen MR) is 110 cm³/mol. The number of amides is 2. The van der Waals surface area contributed by atoms with Crippen molar-refractivity contribution in [1.82, 2.24) is 15.5 Å². The van der Waals surface area contributed by atoms with Gasteiger partial charge in [0, 0.05) is 45.0 Å². The Bertz CT molecular complexity index is 680. The lowest BCUT2D eigenvalue weighted by Crippen LogP contribution is -2.40. The van der Waals surface area contributed by atoms with E-state index in [-0.39, 0.29) is 24.8 Å². The van der Waals surface area contributed by atoms with Crippen molar-refractivity contribution < 1.29 is 24.5 Å². The van der Waals surface area contributed by atoms with Crippen molar-refractivity contribution in [2.75, 3.05) is 52.7 Å². The maximum atomic E-state index is 12.3. The Hall–Kier alpha value is -2.20. The number of carbonyl (C=O) groups excluding carboxylic acids is 2. The second kappa shape index (κ2) is 10.5. The largest absolute Gasteiger partial charge is 0.388 e. The lowest BCUT2D eigenvalue weighted by Gasteiger charge is -2.16. The fourth-order valence-corrected chi connectivity index (χ4v) is 3.04. The van der Waals surface area contributed by atoms with Gasteiger partial charge in [0.1, 0.15) is 18.3 Å². The molecule has 1 aliphatic rings. The first-order chi connectivity index (χ1) is 13.7. The van der Waals surface area contributed by atoms with Gasteiger partial charge in [-0.3, -0.25) is 9.59 Å². The summed E-state index contributed by atoms with van der Waals surface area (Å²) < 4.78 is 5.63. The fraction of sp³-hybridized carbons (Fsp3) is 0.600. The Kier molecular flexibility index (Phi) is 8.39. The van der Waals surface area contributed by atoms with Crippen LogP contribution >= 0.6 is 0 Å². The number of aliphatic hydroxyl groups excluding tert-OH is 2. The molecule has 4 atom stereocenters. The van der Waals surface area contributed by atoms with Crippen LogP contribution in [0.15, 0.2) is 24.3 Å². The Morgan fingerprint density at radius 3 is 2.21 bits per heavy atom. The Balaban J connectivity index is 1.82. The first-order valence-corrected chi connectivity index (χ1v) is 9.67. The van der Waals surface area contributed by atoms with Crippen LogP contribution in [0.5, 0.6) is 0 Å². The molecule has 0 saturated carbocycles. The Morgan fingerprint density at radius 2 is 1.62 bits per heavy atom. The van der Waals surface area contributed by atoms with Crippen molar-refractivity contribution >= 4 is 17.5 Å². The number of hydrogen-bond acceptors (Lipinski definition) is 7. The van der Waals surface area contributed by atoms with Gasteiger partial charge in [-0.25, -0.2) is 0 Å². The molecule has 0 aliphatic carbocycles. The standard InChI is InChI=1S/C20H32N4O5/c1-23(2)10-9-21-17(25)11-15-18(26)19(27)16(29-15)12-22-20(28)13-5-7-14(8-6-13)24(3)4/h5-8,15-16,18-19,26-27H,9-12H2,1-4H3,(H,21,25)(H,22,28). The fourth-order valence-electron chi connectivity index (χ4n) is 3.04. The van der Waals surface area contributed by atoms with Crippen LogP contribution in [0.25, 0.3) is 0 Å². The quantitative estimate of drug-likeness (QED) is 0.416. The minimum atomic E-state index is -1.18. The molecule has 9 nitrogen and oxygen atoms in total. The highest BCUT2D eigenvalue weighted by Crippen LogP contribution is 2.23. The molecule has 1 fully saturated rings. The van der Waals surface area contributed by atoms with E-state index < -0.39 is 24.4 Å². The molecule has 162 valence electrons. The van der Waals surface area contributed by atoms with E-state index in [4.69, 9.17) is 4.74 Å². The number of ether oxygens (including phenoxy) is 1. The van der Waals surface area contributed by atoms with Gasteiger partial charge in [0.15, 0.2) is 0 Å². The molecule has 1 aromatic carbocycles. The first-order valence-electron chi connectivity index (χ1n) is 9.67. The highest BCUT2D eigenvalue weighted by molar-refractivity contribution is 5.94. The second-order valence-corrected chi connectivity index (χ2v) is 7.70. The molecule has 0 bridgehead atoms. The second-order valence-electron chi connectivity index (χ2n) is 7.70. The van der Waals surface area contributed by atoms with Gasteiger partial charge in [-0.1, -0.05) is 0 Å². The van der Waals surface area contributed by atoms with E-state index in [2.05, 4.69) is 10.6 Å². The highest BCUT2D eigenvalue weighted by atomic mass is 16.5. The monoisotopic (exact) mass is 408 g/mol. The van der Waals surface area contributed by atoms with Gasteiger partial charge in [-0.05, 0) is 38.4 Å². The third-order valence-electron chi connectivity index (χ3n) is 4.84. The Labute approximate surface area is 171 Å². The van der Waals surface area contributed by atoms with Crippen LogP contribution in [0.4, 0.5) is 5.69 Å². The number of nitrogens with one attached hydrogen (secondary N) is 2. The molecule has 4 unspecified atom stereocenters. The molecule has 1 heterocycles. The molecule has 4 N–H and O–H groups in total. The average molecular weight is 408 g/mol. The van der Waals surface area contributed by atoms with E-state index in [1.54, 1.807) is 12.1 Å². The highest BCUT2D eigenvalue weighted by Gasteiger charge is 2.43. The lowest BCUT2D eigenvalue weighted by atomic mass is 10.1. The molecule has 1 aliphatic heterocycles. The van der Waals surface area contributed by atoms with Crippen LogP contribution < -0.4 is 15.5 Å². The summed E-state index contributed by atoms with van der Waals surface area (Å²) in [5.74, 6) is -0.556. The molecule has 1 aromatic rings. The van der Waals surface area contributed by atoms with Gasteiger partial charge in [0.05, 0.1) is 12.5 Å². The minimum absolute atomic E-state index is 0.0330. The maximum Gasteiger partial charge on any atom is 0.251 e. The summed E-state index contributed by atoms with van der Waals surface area (Å²) in [4.78, 5) is 28.2. The summed E-state index contributed by atoms with van der Waals surface area (Å²) in [6.45, 7) is 1.22. The topological polar surface area (TPSA) is 114 Å². The number of likely N-dealkylation sites (N-methyl/N-ethyl adjacent to an activating group) is 1. The molecule has 0 radical (unpaired) electrons. The van der Waals surface area contributed by atoms with Crippen LogP contribution in [0.2, 0.25) is 0 Å². The van der Waals surface area contributed by atoms with Crippen molar-refractivity contribution in [2.45, 2.75) is 30.8 Å². The number of carbonyl (C=O) groups is 2. The van der Waals surface area contributed by atoms with Crippen molar-refractivity contribution in [3.05, 3.63) is 29.8 Å². The molecule has 29 heavy (non-hydrogen) atoms. The van der Waals surface area contributed by atoms with E-state index in [1.165, 1.54) is 0 Å². The Morgan fingerprint density at radius 1 is 1.00 bits per heavy atom. The van der Waals surface area contributed by atoms with Crippen LogP contribution in [0, 0.1) is 0 Å². The number of anilines is 1. The van der Waals surface area contributed by atoms with E-state index in [1.807, 2.05) is 50.1 Å². The first kappa shape index (κ1) is 23.1. The minimum Gasteiger partial charge on any atom is -0.388 e. The molecular weight excluding hydrogens is 376 g/mol. The van der Waals surface area contributed by atoms with E-state index in [0.29, 0.717) is 18.7 Å². The average Bonchev–Trinajstić information content (AvgIpc) is 2.93. The van der Waals surface area contributed by atoms with Gasteiger partial charge < -0.3 is 35.4 Å². The molecule has 9 heteroatoms. The lowest BCUT2D eigenvalue weighted by molar-refractivity contribution is -0.125. The van der Waals surface area contributed by atoms with Crippen LogP contribution in [-0.4, -0.2) is 99.2 Å². The van der Waals surface area contributed by atoms with Crippen molar-refractivity contribution in [1.29, 1.82) is 0 Å². The van der Waals surface area contributed by atoms with Crippen LogP contribution in [0.3, 0.4) is 0 Å². The number of hydrogen-bond donors (Lipinski definition) is 4. The van der Waals surface area contributed by atoms with Gasteiger partial charge in [0.25, 0.3) is 5.91 Å². The zero-order valence-electron chi connectivity index (χ0n) is 17.5. The zero-order valence-corrected chi connectivity index (χ0v) is 17.5. The molecule has 0 spiro atoms. The summed E-state index contributed by atoms with van der Waals surface area (Å²) in [6, 6.07) is 7.10. The third kappa shape index (κ3) is 6.67. The van der Waals surface area contributed by atoms with Crippen LogP contribution in [-0.2, 0) is 9.53 Å². The van der Waals surface area contributed by atoms with Crippen molar-refractivity contribution in [3.63, 3.8) is 0 Å². The van der Waals surface area contributed by atoms with E-state index >= 15 is 0 Å². The normalized spacial score (nSPS) is 23.8. The predicted octanol–water partition coefficient (Wildman–Crippen LogP) is -0.960. The molecule has 2 rings (SSSR count). The van der Waals surface area contributed by atoms with Crippen molar-refractivity contribution in [3.8, 4) is 0 Å². The van der Waals surface area contributed by atoms with Gasteiger partial charge in [-0.2, -0.15) is 0 Å². The zero-order chi connectivity index (χ0) is 21.6. The summed E-state index contributed by atoms with van der Waals surface area (Å²) in [7, 11) is 7.64. The third-order valence-corrected chi connectivity index (χ3v) is 4.84. The number of nitrogens with zero attached hydrogens (tertiary/aromatic N) is 2. The van der Waals surface area contributed by atoms with Crippen molar-refractivity contribution in [2.24, 2.45) is 0 Å². The summed E-state index contributed by atoms with van der Waals surface area (Å²) >= 11 is 0. The summed E-state index contributed by atoms with van der Waals surface area (Å²) in [5, 5.41) is 25.8. The molecule has 1 saturated heterocycles. The van der Waals surface area contributed by atoms with Gasteiger partial charge >= 0.3 is 0 Å². The number of benzene rings is 1.